The van der Waals surface area contributed by atoms with Gasteiger partial charge in [0.25, 0.3) is 0 Å². The first-order valence-corrected chi connectivity index (χ1v) is 13.7. The predicted octanol–water partition coefficient (Wildman–Crippen LogP) is 8.25. The summed E-state index contributed by atoms with van der Waals surface area (Å²) in [6, 6.07) is 6.17. The summed E-state index contributed by atoms with van der Waals surface area (Å²) in [4.78, 5) is 21.5. The first kappa shape index (κ1) is 29.2. The van der Waals surface area contributed by atoms with E-state index in [4.69, 9.17) is 49.0 Å². The van der Waals surface area contributed by atoms with Crippen LogP contribution in [0.1, 0.15) is 18.1 Å². The normalized spacial score (nSPS) is 12.0. The molecule has 0 aliphatic rings. The predicted molar refractivity (Wildman–Crippen MR) is 155 cm³/mol. The van der Waals surface area contributed by atoms with E-state index in [1.165, 1.54) is 36.7 Å². The van der Waals surface area contributed by atoms with Gasteiger partial charge >= 0.3 is 5.97 Å². The number of hydrogen-bond acceptors (Lipinski definition) is 7. The fourth-order valence-corrected chi connectivity index (χ4v) is 6.09. The van der Waals surface area contributed by atoms with Crippen LogP contribution in [0.5, 0.6) is 5.75 Å². The van der Waals surface area contributed by atoms with Crippen molar-refractivity contribution in [3.8, 4) is 27.3 Å². The number of nitrogens with zero attached hydrogens (tertiary/aromatic N) is 2. The van der Waals surface area contributed by atoms with Crippen LogP contribution < -0.4 is 4.74 Å². The third-order valence-corrected chi connectivity index (χ3v) is 8.25. The van der Waals surface area contributed by atoms with E-state index in [2.05, 4.69) is 16.5 Å². The zero-order chi connectivity index (χ0) is 28.3. The molecule has 0 N–H and O–H groups in total. The Balaban J connectivity index is 1.88. The summed E-state index contributed by atoms with van der Waals surface area (Å²) in [5.41, 5.74) is 3.60. The van der Waals surface area contributed by atoms with E-state index in [1.807, 2.05) is 13.8 Å². The molecule has 39 heavy (non-hydrogen) atoms. The van der Waals surface area contributed by atoms with E-state index in [9.17, 15) is 9.18 Å². The van der Waals surface area contributed by atoms with E-state index in [1.54, 1.807) is 18.2 Å². The number of hydrogen-bond donors (Lipinski definition) is 0. The maximum atomic E-state index is 13.7. The molecule has 204 valence electrons. The molecule has 6 nitrogen and oxygen atoms in total. The summed E-state index contributed by atoms with van der Waals surface area (Å²) in [5, 5.41) is 1.46. The summed E-state index contributed by atoms with van der Waals surface area (Å²) < 4.78 is 30.6. The average Bonchev–Trinajstić information content (AvgIpc) is 3.29. The summed E-state index contributed by atoms with van der Waals surface area (Å²) in [6.07, 6.45) is 2.33. The summed E-state index contributed by atoms with van der Waals surface area (Å²) in [7, 11) is 0. The van der Waals surface area contributed by atoms with Gasteiger partial charge in [-0.05, 0) is 48.2 Å². The first-order chi connectivity index (χ1) is 18.6. The van der Waals surface area contributed by atoms with Crippen LogP contribution in [-0.4, -0.2) is 41.9 Å². The van der Waals surface area contributed by atoms with Crippen LogP contribution in [0.4, 0.5) is 4.39 Å². The minimum Gasteiger partial charge on any atom is -0.481 e. The lowest BCUT2D eigenvalue weighted by atomic mass is 9.92. The maximum Gasteiger partial charge on any atom is 0.302 e. The fraction of sp³-hybridized carbons (Fsp3) is 0.250. The molecule has 1 atom stereocenters. The van der Waals surface area contributed by atoms with Crippen LogP contribution in [0.25, 0.3) is 31.8 Å². The van der Waals surface area contributed by atoms with Gasteiger partial charge in [-0.1, -0.05) is 53.0 Å². The van der Waals surface area contributed by atoms with Gasteiger partial charge in [-0.15, -0.1) is 17.9 Å². The minimum absolute atomic E-state index is 0.0597. The Morgan fingerprint density at radius 1 is 1.08 bits per heavy atom. The molecule has 0 aliphatic carbocycles. The van der Waals surface area contributed by atoms with Crippen LogP contribution in [0.2, 0.25) is 15.2 Å². The Morgan fingerprint density at radius 3 is 2.36 bits per heavy atom. The van der Waals surface area contributed by atoms with E-state index in [0.29, 0.717) is 28.0 Å². The topological polar surface area (TPSA) is 70.5 Å². The van der Waals surface area contributed by atoms with Gasteiger partial charge < -0.3 is 14.2 Å². The van der Waals surface area contributed by atoms with Gasteiger partial charge in [-0.2, -0.15) is 0 Å². The molecule has 4 rings (SSSR count). The minimum atomic E-state index is -0.673. The molecule has 2 aromatic heterocycles. The van der Waals surface area contributed by atoms with Crippen LogP contribution >= 0.6 is 46.1 Å². The lowest BCUT2D eigenvalue weighted by Gasteiger charge is -2.24. The summed E-state index contributed by atoms with van der Waals surface area (Å²) in [5.74, 6) is -0.565. The van der Waals surface area contributed by atoms with Crippen molar-refractivity contribution in [2.24, 2.45) is 0 Å². The highest BCUT2D eigenvalue weighted by atomic mass is 35.5. The number of carbonyl (C=O) groups is 1. The Hall–Kier alpha value is -2.75. The smallest absolute Gasteiger partial charge is 0.302 e. The number of thiophene rings is 1. The van der Waals surface area contributed by atoms with Gasteiger partial charge in [0.05, 0.1) is 28.6 Å². The fourth-order valence-electron chi connectivity index (χ4n) is 4.13. The van der Waals surface area contributed by atoms with Crippen LogP contribution in [0, 0.1) is 19.7 Å². The standard InChI is InChI=1S/C28H24Cl3FN2O4S/c1-5-10-36-11-19(12-37-16(4)35)38-25-23(29)14(2)20(15(3)24(25)30)21-22-27(31)33-13-34-28(22)39-26(21)17-6-8-18(32)9-7-17/h5-9,13,19H,1,10-12H2,2-4H3/t19-/m1/s1. The highest BCUT2D eigenvalue weighted by Crippen LogP contribution is 2.52. The molecule has 2 aromatic carbocycles. The molecular formula is C28H24Cl3FN2O4S. The second-order valence-corrected chi connectivity index (χ2v) is 10.7. The number of ether oxygens (including phenoxy) is 3. The van der Waals surface area contributed by atoms with E-state index in [0.717, 1.165) is 21.6 Å². The summed E-state index contributed by atoms with van der Waals surface area (Å²) in [6.45, 7) is 8.98. The van der Waals surface area contributed by atoms with Gasteiger partial charge in [0.1, 0.15) is 28.7 Å². The monoisotopic (exact) mass is 608 g/mol. The van der Waals surface area contributed by atoms with Crippen molar-refractivity contribution in [1.29, 1.82) is 0 Å². The second-order valence-electron chi connectivity index (χ2n) is 8.61. The van der Waals surface area contributed by atoms with E-state index >= 15 is 0 Å². The van der Waals surface area contributed by atoms with Gasteiger partial charge in [0.2, 0.25) is 0 Å². The second kappa shape index (κ2) is 12.6. The number of esters is 1. The van der Waals surface area contributed by atoms with Crippen LogP contribution in [-0.2, 0) is 14.3 Å². The van der Waals surface area contributed by atoms with Crippen molar-refractivity contribution < 1.29 is 23.4 Å². The number of rotatable bonds is 10. The van der Waals surface area contributed by atoms with Crippen molar-refractivity contribution in [3.05, 3.63) is 75.4 Å². The highest BCUT2D eigenvalue weighted by molar-refractivity contribution is 7.22. The lowest BCUT2D eigenvalue weighted by Crippen LogP contribution is -2.30. The Kier molecular flexibility index (Phi) is 9.46. The molecule has 0 unspecified atom stereocenters. The van der Waals surface area contributed by atoms with E-state index < -0.39 is 12.1 Å². The van der Waals surface area contributed by atoms with Crippen molar-refractivity contribution in [2.75, 3.05) is 19.8 Å². The number of fused-ring (bicyclic) bond motifs is 1. The quantitative estimate of drug-likeness (QED) is 0.0780. The van der Waals surface area contributed by atoms with Crippen LogP contribution in [0.3, 0.4) is 0 Å². The number of benzene rings is 2. The van der Waals surface area contributed by atoms with Gasteiger partial charge in [0.15, 0.2) is 11.9 Å². The average molecular weight is 610 g/mol. The molecule has 0 saturated heterocycles. The highest BCUT2D eigenvalue weighted by Gasteiger charge is 2.28. The summed E-state index contributed by atoms with van der Waals surface area (Å²) >= 11 is 21.8. The lowest BCUT2D eigenvalue weighted by molar-refractivity contribution is -0.144. The Labute approximate surface area is 244 Å². The zero-order valence-electron chi connectivity index (χ0n) is 21.3. The van der Waals surface area contributed by atoms with Crippen molar-refractivity contribution >= 4 is 62.3 Å². The van der Waals surface area contributed by atoms with Crippen molar-refractivity contribution in [3.63, 3.8) is 0 Å². The van der Waals surface area contributed by atoms with Gasteiger partial charge in [0, 0.05) is 17.4 Å². The molecule has 0 fully saturated rings. The molecule has 11 heteroatoms. The molecule has 0 aliphatic heterocycles. The third kappa shape index (κ3) is 6.21. The van der Waals surface area contributed by atoms with Crippen LogP contribution in [0.15, 0.2) is 43.2 Å². The maximum absolute atomic E-state index is 13.7. The van der Waals surface area contributed by atoms with E-state index in [-0.39, 0.29) is 40.0 Å². The SMILES string of the molecule is C=CCOC[C@H](COC(C)=O)Oc1c(Cl)c(C)c(-c2c(-c3ccc(F)cc3)sc3ncnc(Cl)c23)c(C)c1Cl. The Morgan fingerprint density at radius 2 is 1.74 bits per heavy atom. The number of aromatic nitrogens is 2. The molecule has 0 spiro atoms. The molecule has 2 heterocycles. The van der Waals surface area contributed by atoms with Crippen molar-refractivity contribution in [2.45, 2.75) is 26.9 Å². The Bertz CT molecular complexity index is 1510. The molecule has 0 saturated carbocycles. The molecule has 4 aromatic rings. The molecular weight excluding hydrogens is 586 g/mol. The third-order valence-electron chi connectivity index (χ3n) is 5.90. The first-order valence-electron chi connectivity index (χ1n) is 11.8. The van der Waals surface area contributed by atoms with Gasteiger partial charge in [-0.25, -0.2) is 14.4 Å². The largest absolute Gasteiger partial charge is 0.481 e. The molecule has 0 amide bonds. The molecule has 0 radical (unpaired) electrons. The molecule has 0 bridgehead atoms. The number of carbonyl (C=O) groups excluding carboxylic acids is 1. The van der Waals surface area contributed by atoms with Crippen molar-refractivity contribution in [1.82, 2.24) is 9.97 Å². The zero-order valence-corrected chi connectivity index (χ0v) is 24.4. The van der Waals surface area contributed by atoms with Gasteiger partial charge in [-0.3, -0.25) is 4.79 Å². The number of halogens is 4.